The van der Waals surface area contributed by atoms with E-state index in [1.54, 1.807) is 7.05 Å². The lowest BCUT2D eigenvalue weighted by Crippen LogP contribution is -2.50. The first kappa shape index (κ1) is 26.9. The lowest BCUT2D eigenvalue weighted by atomic mass is 10.1. The van der Waals surface area contributed by atoms with Gasteiger partial charge in [0.2, 0.25) is 5.91 Å². The molecule has 0 bridgehead atoms. The van der Waals surface area contributed by atoms with E-state index in [1.807, 2.05) is 49.4 Å². The zero-order valence-electron chi connectivity index (χ0n) is 19.8. The van der Waals surface area contributed by atoms with E-state index in [4.69, 9.17) is 9.73 Å². The molecule has 7 nitrogen and oxygen atoms in total. The van der Waals surface area contributed by atoms with Crippen molar-refractivity contribution in [3.05, 3.63) is 59.7 Å². The maximum atomic E-state index is 11.6. The quantitative estimate of drug-likeness (QED) is 0.259. The molecular weight excluding hydrogens is 529 g/mol. The first-order chi connectivity index (χ1) is 15.6. The highest BCUT2D eigenvalue weighted by Gasteiger charge is 2.21. The number of amides is 1. The van der Waals surface area contributed by atoms with Crippen LogP contribution in [0.25, 0.3) is 0 Å². The van der Waals surface area contributed by atoms with Gasteiger partial charge in [0.1, 0.15) is 11.5 Å². The lowest BCUT2D eigenvalue weighted by molar-refractivity contribution is -0.122. The van der Waals surface area contributed by atoms with Crippen molar-refractivity contribution >= 4 is 35.8 Å². The van der Waals surface area contributed by atoms with Crippen molar-refractivity contribution in [2.45, 2.75) is 39.3 Å². The number of piperidine rings is 1. The van der Waals surface area contributed by atoms with Gasteiger partial charge in [-0.15, -0.1) is 24.0 Å². The van der Waals surface area contributed by atoms with Crippen molar-refractivity contribution in [2.75, 3.05) is 33.2 Å². The second kappa shape index (κ2) is 14.0. The number of halogens is 1. The average Bonchev–Trinajstić information content (AvgIpc) is 2.81. The molecule has 2 aromatic carbocycles. The van der Waals surface area contributed by atoms with Gasteiger partial charge < -0.3 is 20.7 Å². The second-order valence-electron chi connectivity index (χ2n) is 8.04. The number of carbonyl (C=O) groups excluding carboxylic acids is 1. The van der Waals surface area contributed by atoms with E-state index in [9.17, 15) is 4.79 Å². The number of guanidine groups is 1. The average molecular weight is 566 g/mol. The van der Waals surface area contributed by atoms with Crippen LogP contribution in [0.5, 0.6) is 11.5 Å². The zero-order valence-corrected chi connectivity index (χ0v) is 22.1. The van der Waals surface area contributed by atoms with Crippen LogP contribution in [0.15, 0.2) is 53.5 Å². The van der Waals surface area contributed by atoms with Gasteiger partial charge in [-0.1, -0.05) is 36.4 Å². The predicted molar refractivity (Wildman–Crippen MR) is 145 cm³/mol. The summed E-state index contributed by atoms with van der Waals surface area (Å²) in [6.07, 6.45) is 1.96. The Bertz CT molecular complexity index is 913. The van der Waals surface area contributed by atoms with E-state index in [1.165, 1.54) is 0 Å². The Morgan fingerprint density at radius 3 is 2.42 bits per heavy atom. The monoisotopic (exact) mass is 565 g/mol. The van der Waals surface area contributed by atoms with Crippen LogP contribution in [0.1, 0.15) is 30.9 Å². The normalized spacial score (nSPS) is 14.8. The van der Waals surface area contributed by atoms with Gasteiger partial charge in [0.05, 0.1) is 13.1 Å². The number of ether oxygens (including phenoxy) is 1. The second-order valence-corrected chi connectivity index (χ2v) is 8.04. The number of carbonyl (C=O) groups is 1. The molecule has 0 unspecified atom stereocenters. The first-order valence-corrected chi connectivity index (χ1v) is 11.4. The van der Waals surface area contributed by atoms with Crippen molar-refractivity contribution in [2.24, 2.45) is 4.99 Å². The molecule has 0 spiro atoms. The van der Waals surface area contributed by atoms with Crippen LogP contribution >= 0.6 is 24.0 Å². The number of hydrogen-bond donors (Lipinski definition) is 3. The number of likely N-dealkylation sites (N-methyl/N-ethyl adjacent to an activating group) is 1. The van der Waals surface area contributed by atoms with E-state index >= 15 is 0 Å². The van der Waals surface area contributed by atoms with Crippen molar-refractivity contribution < 1.29 is 9.53 Å². The Labute approximate surface area is 214 Å². The fourth-order valence-electron chi connectivity index (χ4n) is 3.72. The Morgan fingerprint density at radius 1 is 1.09 bits per heavy atom. The summed E-state index contributed by atoms with van der Waals surface area (Å²) in [5, 5.41) is 9.61. The maximum Gasteiger partial charge on any atom is 0.233 e. The summed E-state index contributed by atoms with van der Waals surface area (Å²) in [6.45, 7) is 7.70. The van der Waals surface area contributed by atoms with Gasteiger partial charge in [0.25, 0.3) is 0 Å². The highest BCUT2D eigenvalue weighted by atomic mass is 127. The third kappa shape index (κ3) is 8.51. The molecule has 1 heterocycles. The van der Waals surface area contributed by atoms with Crippen LogP contribution in [-0.4, -0.2) is 56.0 Å². The summed E-state index contributed by atoms with van der Waals surface area (Å²) < 4.78 is 6.19. The van der Waals surface area contributed by atoms with Gasteiger partial charge in [0.15, 0.2) is 5.96 Å². The highest BCUT2D eigenvalue weighted by Crippen LogP contribution is 2.28. The van der Waals surface area contributed by atoms with E-state index < -0.39 is 0 Å². The molecule has 0 aliphatic carbocycles. The number of rotatable bonds is 8. The van der Waals surface area contributed by atoms with Gasteiger partial charge in [-0.3, -0.25) is 9.69 Å². The van der Waals surface area contributed by atoms with E-state index in [0.29, 0.717) is 19.1 Å². The minimum absolute atomic E-state index is 0. The Kier molecular flexibility index (Phi) is 11.5. The molecule has 3 N–H and O–H groups in total. The molecule has 0 radical (unpaired) electrons. The summed E-state index contributed by atoms with van der Waals surface area (Å²) in [6, 6.07) is 16.4. The number of nitrogens with zero attached hydrogens (tertiary/aromatic N) is 2. The first-order valence-electron chi connectivity index (χ1n) is 11.4. The number of aliphatic imine (C=N–C) groups is 1. The number of para-hydroxylation sites is 2. The molecule has 180 valence electrons. The van der Waals surface area contributed by atoms with Crippen LogP contribution in [-0.2, 0) is 11.3 Å². The van der Waals surface area contributed by atoms with Gasteiger partial charge in [0, 0.05) is 38.3 Å². The number of likely N-dealkylation sites (tertiary alicyclic amines) is 1. The van der Waals surface area contributed by atoms with Crippen LogP contribution in [0.2, 0.25) is 0 Å². The van der Waals surface area contributed by atoms with Crippen molar-refractivity contribution in [3.63, 3.8) is 0 Å². The van der Waals surface area contributed by atoms with E-state index in [0.717, 1.165) is 61.1 Å². The maximum absolute atomic E-state index is 11.6. The topological polar surface area (TPSA) is 78.0 Å². The molecular formula is C25H36IN5O2. The highest BCUT2D eigenvalue weighted by molar-refractivity contribution is 14.0. The largest absolute Gasteiger partial charge is 0.457 e. The van der Waals surface area contributed by atoms with Crippen LogP contribution < -0.4 is 20.7 Å². The number of nitrogens with one attached hydrogen (secondary N) is 3. The van der Waals surface area contributed by atoms with Crippen molar-refractivity contribution in [1.29, 1.82) is 0 Å². The van der Waals surface area contributed by atoms with Gasteiger partial charge in [-0.25, -0.2) is 4.99 Å². The molecule has 1 fully saturated rings. The minimum Gasteiger partial charge on any atom is -0.457 e. The smallest absolute Gasteiger partial charge is 0.233 e. The third-order valence-corrected chi connectivity index (χ3v) is 5.61. The zero-order chi connectivity index (χ0) is 22.8. The van der Waals surface area contributed by atoms with Crippen LogP contribution in [0.3, 0.4) is 0 Å². The van der Waals surface area contributed by atoms with E-state index in [-0.39, 0.29) is 29.9 Å². The standard InChI is InChI=1S/C25H35N5O2.HI/c1-4-27-25(29-21-13-15-30(16-14-21)18-24(31)26-3)28-17-20-10-6-8-12-23(20)32-22-11-7-5-9-19(22)2;/h5-12,21H,4,13-18H2,1-3H3,(H,26,31)(H2,27,28,29);1H. The molecule has 0 atom stereocenters. The lowest BCUT2D eigenvalue weighted by Gasteiger charge is -2.32. The molecule has 33 heavy (non-hydrogen) atoms. The van der Waals surface area contributed by atoms with E-state index in [2.05, 4.69) is 33.8 Å². The summed E-state index contributed by atoms with van der Waals surface area (Å²) in [7, 11) is 1.68. The molecule has 1 aliphatic heterocycles. The Balaban J connectivity index is 0.00000385. The predicted octanol–water partition coefficient (Wildman–Crippen LogP) is 3.67. The van der Waals surface area contributed by atoms with Crippen molar-refractivity contribution in [1.82, 2.24) is 20.9 Å². The molecule has 1 saturated heterocycles. The van der Waals surface area contributed by atoms with Crippen molar-refractivity contribution in [3.8, 4) is 11.5 Å². The number of hydrogen-bond acceptors (Lipinski definition) is 4. The summed E-state index contributed by atoms with van der Waals surface area (Å²) in [5.41, 5.74) is 2.14. The SMILES string of the molecule is CCNC(=NCc1ccccc1Oc1ccccc1C)NC1CCN(CC(=O)NC)CC1.I. The fourth-order valence-corrected chi connectivity index (χ4v) is 3.72. The van der Waals surface area contributed by atoms with Crippen LogP contribution in [0, 0.1) is 6.92 Å². The van der Waals surface area contributed by atoms with Gasteiger partial charge in [-0.2, -0.15) is 0 Å². The summed E-state index contributed by atoms with van der Waals surface area (Å²) in [4.78, 5) is 18.6. The molecule has 8 heteroatoms. The molecule has 3 rings (SSSR count). The number of benzene rings is 2. The molecule has 1 aliphatic rings. The summed E-state index contributed by atoms with van der Waals surface area (Å²) >= 11 is 0. The third-order valence-electron chi connectivity index (χ3n) is 5.61. The van der Waals surface area contributed by atoms with Gasteiger partial charge >= 0.3 is 0 Å². The number of aryl methyl sites for hydroxylation is 1. The van der Waals surface area contributed by atoms with Crippen LogP contribution in [0.4, 0.5) is 0 Å². The molecule has 0 saturated carbocycles. The van der Waals surface area contributed by atoms with Gasteiger partial charge in [-0.05, 0) is 44.4 Å². The molecule has 2 aromatic rings. The fraction of sp³-hybridized carbons (Fsp3) is 0.440. The Morgan fingerprint density at radius 2 is 1.76 bits per heavy atom. The minimum atomic E-state index is 0. The Hall–Kier alpha value is -2.33. The molecule has 0 aromatic heterocycles. The summed E-state index contributed by atoms with van der Waals surface area (Å²) in [5.74, 6) is 2.56. The molecule has 1 amide bonds.